The summed E-state index contributed by atoms with van der Waals surface area (Å²) in [6.45, 7) is 0.328. The summed E-state index contributed by atoms with van der Waals surface area (Å²) in [6, 6.07) is 18.2. The average Bonchev–Trinajstić information content (AvgIpc) is 2.78. The summed E-state index contributed by atoms with van der Waals surface area (Å²) >= 11 is 0. The van der Waals surface area contributed by atoms with Gasteiger partial charge in [0.2, 0.25) is 5.91 Å². The van der Waals surface area contributed by atoms with Gasteiger partial charge in [-0.2, -0.15) is 0 Å². The molecule has 4 aliphatic carbocycles. The number of para-hydroxylation sites is 1. The number of hydrogen-bond donors (Lipinski definition) is 1. The zero-order valence-electron chi connectivity index (χ0n) is 18.5. The number of rotatable bonds is 4. The summed E-state index contributed by atoms with van der Waals surface area (Å²) in [7, 11) is 1.87. The van der Waals surface area contributed by atoms with Crippen LogP contribution in [-0.2, 0) is 16.8 Å². The molecule has 1 aromatic heterocycles. The van der Waals surface area contributed by atoms with E-state index in [1.54, 1.807) is 11.0 Å². The van der Waals surface area contributed by atoms with Crippen molar-refractivity contribution in [2.45, 2.75) is 50.5 Å². The van der Waals surface area contributed by atoms with Crippen LogP contribution in [0, 0.1) is 17.3 Å². The zero-order chi connectivity index (χ0) is 21.9. The molecule has 4 saturated carbocycles. The first-order valence-electron chi connectivity index (χ1n) is 11.8. The van der Waals surface area contributed by atoms with E-state index in [4.69, 9.17) is 0 Å². The molecule has 4 atom stereocenters. The SMILES string of the molecule is CN(Cc1nc2ccccc2c(=O)[nH]1)C(=O)C12C[C@H]3C[C@@H](C1)CC(c1ccccc1)(C3)C2. The predicted octanol–water partition coefficient (Wildman–Crippen LogP) is 4.42. The summed E-state index contributed by atoms with van der Waals surface area (Å²) in [4.78, 5) is 35.7. The second-order valence-electron chi connectivity index (χ2n) is 10.6. The van der Waals surface area contributed by atoms with E-state index in [1.807, 2.05) is 25.2 Å². The van der Waals surface area contributed by atoms with Crippen LogP contribution in [0.4, 0.5) is 0 Å². The first-order valence-corrected chi connectivity index (χ1v) is 11.8. The maximum Gasteiger partial charge on any atom is 0.258 e. The molecule has 0 radical (unpaired) electrons. The van der Waals surface area contributed by atoms with Gasteiger partial charge in [-0.25, -0.2) is 4.98 Å². The van der Waals surface area contributed by atoms with Crippen molar-refractivity contribution < 1.29 is 4.79 Å². The van der Waals surface area contributed by atoms with Crippen LogP contribution < -0.4 is 5.56 Å². The van der Waals surface area contributed by atoms with E-state index in [0.29, 0.717) is 35.1 Å². The normalized spacial score (nSPS) is 30.5. The van der Waals surface area contributed by atoms with Crippen molar-refractivity contribution in [3.63, 3.8) is 0 Å². The number of hydrogen-bond acceptors (Lipinski definition) is 3. The molecule has 4 bridgehead atoms. The van der Waals surface area contributed by atoms with Crippen LogP contribution in [0.15, 0.2) is 59.4 Å². The van der Waals surface area contributed by atoms with E-state index >= 15 is 0 Å². The number of aromatic amines is 1. The van der Waals surface area contributed by atoms with E-state index in [9.17, 15) is 9.59 Å². The van der Waals surface area contributed by atoms with Crippen LogP contribution >= 0.6 is 0 Å². The standard InChI is InChI=1S/C27H29N3O2/c1-30(16-23-28-22-10-6-5-9-21(22)24(31)29-23)25(32)27-14-18-11-19(15-27)13-26(12-18,17-27)20-7-3-2-4-8-20/h2-10,18-19H,11-17H2,1H3,(H,28,29,31)/t18-,19+,26?,27?. The lowest BCUT2D eigenvalue weighted by Gasteiger charge is -2.62. The third-order valence-electron chi connectivity index (χ3n) is 8.30. The summed E-state index contributed by atoms with van der Waals surface area (Å²) < 4.78 is 0. The molecule has 7 rings (SSSR count). The Morgan fingerprint density at radius 2 is 1.72 bits per heavy atom. The number of carbonyl (C=O) groups excluding carboxylic acids is 1. The Hall–Kier alpha value is -2.95. The third-order valence-corrected chi connectivity index (χ3v) is 8.30. The van der Waals surface area contributed by atoms with Crippen molar-refractivity contribution in [3.8, 4) is 0 Å². The van der Waals surface area contributed by atoms with E-state index in [0.717, 1.165) is 19.3 Å². The van der Waals surface area contributed by atoms with Gasteiger partial charge >= 0.3 is 0 Å². The number of amides is 1. The van der Waals surface area contributed by atoms with Crippen LogP contribution in [0.1, 0.15) is 49.9 Å². The average molecular weight is 428 g/mol. The lowest BCUT2D eigenvalue weighted by atomic mass is 9.42. The Morgan fingerprint density at radius 1 is 1.03 bits per heavy atom. The largest absolute Gasteiger partial charge is 0.338 e. The molecule has 0 aliphatic heterocycles. The van der Waals surface area contributed by atoms with Gasteiger partial charge in [0.1, 0.15) is 5.82 Å². The van der Waals surface area contributed by atoms with Crippen LogP contribution in [0.25, 0.3) is 10.9 Å². The molecule has 5 nitrogen and oxygen atoms in total. The number of H-pyrrole nitrogens is 1. The van der Waals surface area contributed by atoms with Crippen LogP contribution in [-0.4, -0.2) is 27.8 Å². The molecule has 0 spiro atoms. The van der Waals surface area contributed by atoms with Gasteiger partial charge in [-0.1, -0.05) is 42.5 Å². The molecule has 0 saturated heterocycles. The molecule has 3 aromatic rings. The Balaban J connectivity index is 1.30. The predicted molar refractivity (Wildman–Crippen MR) is 124 cm³/mol. The molecule has 1 N–H and O–H groups in total. The van der Waals surface area contributed by atoms with Gasteiger partial charge < -0.3 is 9.88 Å². The highest BCUT2D eigenvalue weighted by molar-refractivity contribution is 5.83. The molecule has 5 heteroatoms. The minimum Gasteiger partial charge on any atom is -0.338 e. The van der Waals surface area contributed by atoms with E-state index in [2.05, 4.69) is 40.3 Å². The maximum absolute atomic E-state index is 13.9. The van der Waals surface area contributed by atoms with Crippen molar-refractivity contribution in [2.75, 3.05) is 7.05 Å². The smallest absolute Gasteiger partial charge is 0.258 e. The van der Waals surface area contributed by atoms with Gasteiger partial charge in [0.05, 0.1) is 22.9 Å². The highest BCUT2D eigenvalue weighted by Gasteiger charge is 2.61. The van der Waals surface area contributed by atoms with Crippen LogP contribution in [0.2, 0.25) is 0 Å². The second-order valence-corrected chi connectivity index (χ2v) is 10.6. The molecule has 2 aromatic carbocycles. The lowest BCUT2D eigenvalue weighted by Crippen LogP contribution is -2.59. The molecule has 4 fully saturated rings. The van der Waals surface area contributed by atoms with Gasteiger partial charge in [-0.15, -0.1) is 0 Å². The highest BCUT2D eigenvalue weighted by atomic mass is 16.2. The minimum atomic E-state index is -0.286. The van der Waals surface area contributed by atoms with Crippen molar-refractivity contribution in [1.82, 2.24) is 14.9 Å². The second kappa shape index (κ2) is 7.03. The fraction of sp³-hybridized carbons (Fsp3) is 0.444. The van der Waals surface area contributed by atoms with Crippen LogP contribution in [0.3, 0.4) is 0 Å². The lowest BCUT2D eigenvalue weighted by molar-refractivity contribution is -0.159. The van der Waals surface area contributed by atoms with Crippen LogP contribution in [0.5, 0.6) is 0 Å². The summed E-state index contributed by atoms with van der Waals surface area (Å²) in [5, 5.41) is 0.580. The number of aromatic nitrogens is 2. The minimum absolute atomic E-state index is 0.136. The molecular formula is C27H29N3O2. The number of fused-ring (bicyclic) bond motifs is 1. The Bertz CT molecular complexity index is 1230. The van der Waals surface area contributed by atoms with E-state index < -0.39 is 0 Å². The molecule has 164 valence electrons. The van der Waals surface area contributed by atoms with Gasteiger partial charge in [0, 0.05) is 7.05 Å². The Labute approximate surface area is 187 Å². The van der Waals surface area contributed by atoms with Crippen molar-refractivity contribution in [1.29, 1.82) is 0 Å². The molecule has 32 heavy (non-hydrogen) atoms. The first kappa shape index (κ1) is 19.7. The zero-order valence-corrected chi connectivity index (χ0v) is 18.5. The number of carbonyl (C=O) groups is 1. The van der Waals surface area contributed by atoms with Gasteiger partial charge in [-0.05, 0) is 73.5 Å². The molecule has 1 amide bonds. The molecule has 4 aliphatic rings. The van der Waals surface area contributed by atoms with Gasteiger partial charge in [0.25, 0.3) is 5.56 Å². The van der Waals surface area contributed by atoms with Crippen molar-refractivity contribution >= 4 is 16.8 Å². The van der Waals surface area contributed by atoms with Gasteiger partial charge in [-0.3, -0.25) is 9.59 Å². The first-order chi connectivity index (χ1) is 15.5. The topological polar surface area (TPSA) is 66.1 Å². The summed E-state index contributed by atoms with van der Waals surface area (Å²) in [6.07, 6.45) is 6.65. The Kier molecular flexibility index (Phi) is 4.33. The number of benzene rings is 2. The van der Waals surface area contributed by atoms with E-state index in [-0.39, 0.29) is 22.3 Å². The molecule has 1 heterocycles. The van der Waals surface area contributed by atoms with Crippen molar-refractivity contribution in [3.05, 3.63) is 76.3 Å². The highest BCUT2D eigenvalue weighted by Crippen LogP contribution is 2.66. The number of nitrogens with one attached hydrogen (secondary N) is 1. The molecular weight excluding hydrogens is 398 g/mol. The third kappa shape index (κ3) is 3.01. The summed E-state index contributed by atoms with van der Waals surface area (Å²) in [5.74, 6) is 2.04. The Morgan fingerprint density at radius 3 is 2.47 bits per heavy atom. The summed E-state index contributed by atoms with van der Waals surface area (Å²) in [5.41, 5.74) is 1.78. The fourth-order valence-corrected chi connectivity index (χ4v) is 7.55. The quantitative estimate of drug-likeness (QED) is 0.670. The molecule has 2 unspecified atom stereocenters. The monoisotopic (exact) mass is 427 g/mol. The van der Waals surface area contributed by atoms with Gasteiger partial charge in [0.15, 0.2) is 0 Å². The number of nitrogens with zero attached hydrogens (tertiary/aromatic N) is 2. The fourth-order valence-electron chi connectivity index (χ4n) is 7.55. The van der Waals surface area contributed by atoms with E-state index in [1.165, 1.54) is 24.8 Å². The maximum atomic E-state index is 13.9. The van der Waals surface area contributed by atoms with Crippen molar-refractivity contribution in [2.24, 2.45) is 17.3 Å².